The lowest BCUT2D eigenvalue weighted by Crippen LogP contribution is -1.90. The molecular weight excluding hydrogens is 192 g/mol. The predicted molar refractivity (Wildman–Crippen MR) is 50.8 cm³/mol. The zero-order valence-corrected chi connectivity index (χ0v) is 7.96. The molecule has 0 aromatic carbocycles. The van der Waals surface area contributed by atoms with Crippen molar-refractivity contribution < 1.29 is 0 Å². The Balaban J connectivity index is 2.50. The van der Waals surface area contributed by atoms with E-state index in [9.17, 15) is 4.79 Å². The molecule has 2 heterocycles. The minimum Gasteiger partial charge on any atom is -0.255 e. The van der Waals surface area contributed by atoms with Gasteiger partial charge in [0.05, 0.1) is 4.88 Å². The van der Waals surface area contributed by atoms with Crippen molar-refractivity contribution in [1.82, 2.24) is 10.2 Å². The molecule has 0 fully saturated rings. The second-order valence-corrected chi connectivity index (χ2v) is 4.58. The Morgan fingerprint density at radius 2 is 2.25 bits per heavy atom. The van der Waals surface area contributed by atoms with Gasteiger partial charge in [-0.05, 0) is 19.1 Å². The van der Waals surface area contributed by atoms with Gasteiger partial charge < -0.3 is 0 Å². The van der Waals surface area contributed by atoms with Crippen LogP contribution >= 0.6 is 22.7 Å². The largest absolute Gasteiger partial charge is 0.322 e. The average molecular weight is 198 g/mol. The van der Waals surface area contributed by atoms with E-state index in [1.807, 2.05) is 19.1 Å². The maximum absolute atomic E-state index is 10.8. The molecule has 0 spiro atoms. The van der Waals surface area contributed by atoms with Crippen molar-refractivity contribution >= 4 is 22.7 Å². The van der Waals surface area contributed by atoms with Gasteiger partial charge in [-0.3, -0.25) is 4.79 Å². The maximum atomic E-state index is 10.8. The van der Waals surface area contributed by atoms with Gasteiger partial charge in [0.2, 0.25) is 0 Å². The molecule has 2 rings (SSSR count). The van der Waals surface area contributed by atoms with E-state index in [1.54, 1.807) is 11.3 Å². The van der Waals surface area contributed by atoms with Gasteiger partial charge in [0.25, 0.3) is 0 Å². The summed E-state index contributed by atoms with van der Waals surface area (Å²) in [6, 6.07) is 4.00. The number of aromatic nitrogens is 2. The van der Waals surface area contributed by atoms with Crippen LogP contribution in [0.2, 0.25) is 0 Å². The molecule has 0 unspecified atom stereocenters. The van der Waals surface area contributed by atoms with E-state index in [0.29, 0.717) is 0 Å². The minimum atomic E-state index is -0.101. The Labute approximate surface area is 76.7 Å². The molecule has 2 aromatic heterocycles. The molecule has 0 aliphatic carbocycles. The topological polar surface area (TPSA) is 45.8 Å². The summed E-state index contributed by atoms with van der Waals surface area (Å²) in [5.41, 5.74) is 0. The molecular formula is C7H6N2OS2. The van der Waals surface area contributed by atoms with Crippen molar-refractivity contribution in [2.75, 3.05) is 0 Å². The minimum absolute atomic E-state index is 0.101. The van der Waals surface area contributed by atoms with Crippen molar-refractivity contribution in [2.45, 2.75) is 6.92 Å². The fraction of sp³-hybridized carbons (Fsp3) is 0.143. The fourth-order valence-corrected chi connectivity index (χ4v) is 2.41. The Kier molecular flexibility index (Phi) is 1.82. The molecule has 0 saturated carbocycles. The number of aryl methyl sites for hydroxylation is 1. The van der Waals surface area contributed by atoms with Crippen LogP contribution in [0.5, 0.6) is 0 Å². The molecule has 62 valence electrons. The lowest BCUT2D eigenvalue weighted by Gasteiger charge is -1.82. The van der Waals surface area contributed by atoms with E-state index >= 15 is 0 Å². The van der Waals surface area contributed by atoms with E-state index in [0.717, 1.165) is 21.2 Å². The van der Waals surface area contributed by atoms with Gasteiger partial charge in [-0.15, -0.1) is 11.3 Å². The van der Waals surface area contributed by atoms with Gasteiger partial charge in [-0.2, -0.15) is 5.10 Å². The number of aromatic amines is 1. The summed E-state index contributed by atoms with van der Waals surface area (Å²) in [5.74, 6) is 0. The molecule has 0 atom stereocenters. The van der Waals surface area contributed by atoms with E-state index in [4.69, 9.17) is 0 Å². The van der Waals surface area contributed by atoms with Crippen LogP contribution in [-0.4, -0.2) is 10.2 Å². The first-order chi connectivity index (χ1) is 5.75. The Hall–Kier alpha value is -0.940. The Morgan fingerprint density at radius 3 is 2.75 bits per heavy atom. The van der Waals surface area contributed by atoms with E-state index < -0.39 is 0 Å². The van der Waals surface area contributed by atoms with Crippen molar-refractivity contribution in [2.24, 2.45) is 0 Å². The maximum Gasteiger partial charge on any atom is 0.322 e. The van der Waals surface area contributed by atoms with Crippen LogP contribution in [0.4, 0.5) is 0 Å². The summed E-state index contributed by atoms with van der Waals surface area (Å²) in [6.07, 6.45) is 0. The molecule has 5 heteroatoms. The molecule has 1 N–H and O–H groups in total. The third kappa shape index (κ3) is 1.33. The first-order valence-corrected chi connectivity index (χ1v) is 5.01. The van der Waals surface area contributed by atoms with Crippen LogP contribution < -0.4 is 4.87 Å². The number of rotatable bonds is 1. The summed E-state index contributed by atoms with van der Waals surface area (Å²) in [6.45, 7) is 2.03. The van der Waals surface area contributed by atoms with Crippen LogP contribution in [0.15, 0.2) is 16.9 Å². The van der Waals surface area contributed by atoms with Gasteiger partial charge in [0, 0.05) is 4.88 Å². The molecule has 0 saturated heterocycles. The molecule has 0 amide bonds. The Morgan fingerprint density at radius 1 is 1.42 bits per heavy atom. The number of thiophene rings is 1. The summed E-state index contributed by atoms with van der Waals surface area (Å²) < 4.78 is 0. The van der Waals surface area contributed by atoms with Gasteiger partial charge in [-0.25, -0.2) is 5.10 Å². The predicted octanol–water partition coefficient (Wildman–Crippen LogP) is 1.87. The van der Waals surface area contributed by atoms with Crippen LogP contribution in [0.25, 0.3) is 9.88 Å². The average Bonchev–Trinajstić information content (AvgIpc) is 2.58. The molecule has 0 aliphatic rings. The summed E-state index contributed by atoms with van der Waals surface area (Å²) in [5, 5.41) is 7.06. The number of hydrogen-bond donors (Lipinski definition) is 1. The van der Waals surface area contributed by atoms with E-state index in [1.165, 1.54) is 4.88 Å². The second kappa shape index (κ2) is 2.84. The number of hydrogen-bond acceptors (Lipinski definition) is 4. The van der Waals surface area contributed by atoms with E-state index in [2.05, 4.69) is 10.2 Å². The lowest BCUT2D eigenvalue weighted by molar-refractivity contribution is 1.06. The van der Waals surface area contributed by atoms with E-state index in [-0.39, 0.29) is 4.87 Å². The van der Waals surface area contributed by atoms with Gasteiger partial charge in [0.1, 0.15) is 0 Å². The number of H-pyrrole nitrogens is 1. The summed E-state index contributed by atoms with van der Waals surface area (Å²) in [7, 11) is 0. The van der Waals surface area contributed by atoms with Crippen LogP contribution in [0.1, 0.15) is 4.88 Å². The quantitative estimate of drug-likeness (QED) is 0.760. The van der Waals surface area contributed by atoms with Crippen molar-refractivity contribution in [1.29, 1.82) is 0 Å². The monoisotopic (exact) mass is 198 g/mol. The van der Waals surface area contributed by atoms with Gasteiger partial charge in [0.15, 0.2) is 5.01 Å². The molecule has 0 bridgehead atoms. The van der Waals surface area contributed by atoms with Crippen molar-refractivity contribution in [3.8, 4) is 9.88 Å². The van der Waals surface area contributed by atoms with Crippen molar-refractivity contribution in [3.63, 3.8) is 0 Å². The van der Waals surface area contributed by atoms with Crippen LogP contribution in [0, 0.1) is 6.92 Å². The smallest absolute Gasteiger partial charge is 0.255 e. The summed E-state index contributed by atoms with van der Waals surface area (Å²) in [4.78, 5) is 13.0. The Bertz CT molecular complexity index is 440. The highest BCUT2D eigenvalue weighted by Gasteiger charge is 2.04. The fourth-order valence-electron chi connectivity index (χ4n) is 0.885. The molecule has 0 radical (unpaired) electrons. The molecule has 12 heavy (non-hydrogen) atoms. The van der Waals surface area contributed by atoms with Crippen molar-refractivity contribution in [3.05, 3.63) is 26.7 Å². The number of nitrogens with one attached hydrogen (secondary N) is 1. The van der Waals surface area contributed by atoms with Crippen LogP contribution in [-0.2, 0) is 0 Å². The molecule has 2 aromatic rings. The zero-order chi connectivity index (χ0) is 8.55. The van der Waals surface area contributed by atoms with Gasteiger partial charge >= 0.3 is 4.87 Å². The first kappa shape index (κ1) is 7.70. The third-order valence-electron chi connectivity index (χ3n) is 1.39. The SMILES string of the molecule is Cc1ccc(-c2n[nH]c(=O)s2)s1. The molecule has 0 aliphatic heterocycles. The number of nitrogens with zero attached hydrogens (tertiary/aromatic N) is 1. The molecule has 3 nitrogen and oxygen atoms in total. The highest BCUT2D eigenvalue weighted by Crippen LogP contribution is 2.26. The summed E-state index contributed by atoms with van der Waals surface area (Å²) >= 11 is 2.79. The second-order valence-electron chi connectivity index (χ2n) is 2.33. The third-order valence-corrected chi connectivity index (χ3v) is 3.31. The highest BCUT2D eigenvalue weighted by atomic mass is 32.1. The van der Waals surface area contributed by atoms with Gasteiger partial charge in [-0.1, -0.05) is 11.3 Å². The lowest BCUT2D eigenvalue weighted by atomic mass is 10.4. The van der Waals surface area contributed by atoms with Crippen LogP contribution in [0.3, 0.4) is 0 Å². The zero-order valence-electron chi connectivity index (χ0n) is 6.33. The first-order valence-electron chi connectivity index (χ1n) is 3.38. The standard InChI is InChI=1S/C7H6N2OS2/c1-4-2-3-5(11-4)6-8-9-7(10)12-6/h2-3H,1H3,(H,9,10). The normalized spacial score (nSPS) is 10.4. The highest BCUT2D eigenvalue weighted by molar-refractivity contribution is 7.20.